The van der Waals surface area contributed by atoms with Crippen LogP contribution in [0.4, 0.5) is 16.0 Å². The Bertz CT molecular complexity index is 1120. The SMILES string of the molecule is Cc1ccc(N2C[C@H]3CCN(c4nc(C)c(F)c(C)n4)C[C@H]32)c(C=O)c1-c1ccn[nH]1. The fourth-order valence-corrected chi connectivity index (χ4v) is 4.92. The molecule has 8 heteroatoms. The van der Waals surface area contributed by atoms with E-state index < -0.39 is 0 Å². The number of piperidine rings is 1. The topological polar surface area (TPSA) is 78.0 Å². The van der Waals surface area contributed by atoms with Crippen molar-refractivity contribution in [2.24, 2.45) is 5.92 Å². The third kappa shape index (κ3) is 3.17. The number of aromatic nitrogens is 4. The van der Waals surface area contributed by atoms with Gasteiger partial charge in [-0.25, -0.2) is 14.4 Å². The molecule has 2 aliphatic heterocycles. The van der Waals surface area contributed by atoms with Gasteiger partial charge in [0.15, 0.2) is 12.1 Å². The highest BCUT2D eigenvalue weighted by atomic mass is 19.1. The molecule has 0 spiro atoms. The van der Waals surface area contributed by atoms with E-state index in [1.807, 2.05) is 19.1 Å². The van der Waals surface area contributed by atoms with E-state index in [-0.39, 0.29) is 11.9 Å². The molecule has 31 heavy (non-hydrogen) atoms. The highest BCUT2D eigenvalue weighted by molar-refractivity contribution is 5.95. The summed E-state index contributed by atoms with van der Waals surface area (Å²) in [6, 6.07) is 6.25. The minimum atomic E-state index is -0.342. The highest BCUT2D eigenvalue weighted by Crippen LogP contribution is 2.41. The quantitative estimate of drug-likeness (QED) is 0.652. The van der Waals surface area contributed by atoms with E-state index in [1.54, 1.807) is 20.0 Å². The van der Waals surface area contributed by atoms with Crippen molar-refractivity contribution >= 4 is 17.9 Å². The molecule has 2 aromatic heterocycles. The Hall–Kier alpha value is -3.29. The molecule has 0 radical (unpaired) electrons. The molecule has 0 bridgehead atoms. The lowest BCUT2D eigenvalue weighted by molar-refractivity contribution is 0.112. The van der Waals surface area contributed by atoms with E-state index >= 15 is 0 Å². The number of nitrogens with one attached hydrogen (secondary N) is 1. The van der Waals surface area contributed by atoms with Crippen LogP contribution in [0.3, 0.4) is 0 Å². The summed E-state index contributed by atoms with van der Waals surface area (Å²) in [7, 11) is 0. The number of H-pyrrole nitrogens is 1. The Morgan fingerprint density at radius 2 is 1.90 bits per heavy atom. The van der Waals surface area contributed by atoms with E-state index in [0.717, 1.165) is 54.8 Å². The van der Waals surface area contributed by atoms with Crippen molar-refractivity contribution < 1.29 is 9.18 Å². The van der Waals surface area contributed by atoms with Crippen LogP contribution >= 0.6 is 0 Å². The summed E-state index contributed by atoms with van der Waals surface area (Å²) in [4.78, 5) is 25.4. The van der Waals surface area contributed by atoms with Crippen molar-refractivity contribution in [3.63, 3.8) is 0 Å². The monoisotopic (exact) mass is 420 g/mol. The molecule has 1 N–H and O–H groups in total. The summed E-state index contributed by atoms with van der Waals surface area (Å²) < 4.78 is 14.0. The van der Waals surface area contributed by atoms with Gasteiger partial charge < -0.3 is 9.80 Å². The van der Waals surface area contributed by atoms with Crippen LogP contribution in [0, 0.1) is 32.5 Å². The molecule has 2 atom stereocenters. The number of benzene rings is 1. The highest BCUT2D eigenvalue weighted by Gasteiger charge is 2.44. The summed E-state index contributed by atoms with van der Waals surface area (Å²) in [5.41, 5.74) is 5.15. The van der Waals surface area contributed by atoms with Gasteiger partial charge in [0.05, 0.1) is 23.1 Å². The summed E-state index contributed by atoms with van der Waals surface area (Å²) in [5.74, 6) is 0.806. The van der Waals surface area contributed by atoms with Crippen LogP contribution in [-0.2, 0) is 0 Å². The van der Waals surface area contributed by atoms with Crippen LogP contribution in [0.1, 0.15) is 33.7 Å². The maximum atomic E-state index is 14.0. The molecule has 3 aromatic rings. The smallest absolute Gasteiger partial charge is 0.226 e. The first-order valence-corrected chi connectivity index (χ1v) is 10.6. The predicted molar refractivity (Wildman–Crippen MR) is 117 cm³/mol. The largest absolute Gasteiger partial charge is 0.365 e. The molecular formula is C23H25FN6O. The van der Waals surface area contributed by atoms with Crippen LogP contribution in [0.2, 0.25) is 0 Å². The Morgan fingerprint density at radius 3 is 2.58 bits per heavy atom. The molecule has 0 aliphatic carbocycles. The van der Waals surface area contributed by atoms with Crippen molar-refractivity contribution in [2.75, 3.05) is 29.4 Å². The lowest BCUT2D eigenvalue weighted by Crippen LogP contribution is -2.65. The molecule has 2 saturated heterocycles. The average Bonchev–Trinajstić information content (AvgIpc) is 3.27. The van der Waals surface area contributed by atoms with Gasteiger partial charge in [0, 0.05) is 48.6 Å². The number of carbonyl (C=O) groups is 1. The second kappa shape index (κ2) is 7.44. The molecule has 7 nitrogen and oxygen atoms in total. The zero-order valence-corrected chi connectivity index (χ0v) is 17.9. The first-order chi connectivity index (χ1) is 15.0. The van der Waals surface area contributed by atoms with Crippen LogP contribution in [-0.4, -0.2) is 52.1 Å². The normalized spacial score (nSPS) is 20.4. The standard InChI is InChI=1S/C23H25FN6O/c1-13-4-5-19(17(12-31)21(13)18-6-8-25-28-18)30-10-16-7-9-29(11-20(16)30)23-26-14(2)22(24)15(3)27-23/h4-6,8,12,16,20H,7,9-11H2,1-3H3,(H,25,28)/t16-,20-/m1/s1. The second-order valence-corrected chi connectivity index (χ2v) is 8.50. The number of rotatable bonds is 4. The Balaban J connectivity index is 1.46. The van der Waals surface area contributed by atoms with Crippen molar-refractivity contribution in [1.29, 1.82) is 0 Å². The maximum Gasteiger partial charge on any atom is 0.226 e. The molecule has 160 valence electrons. The van der Waals surface area contributed by atoms with Gasteiger partial charge in [0.25, 0.3) is 0 Å². The number of nitrogens with zero attached hydrogens (tertiary/aromatic N) is 5. The molecule has 2 fully saturated rings. The Labute approximate surface area is 180 Å². The van der Waals surface area contributed by atoms with Crippen LogP contribution < -0.4 is 9.80 Å². The number of aromatic amines is 1. The van der Waals surface area contributed by atoms with E-state index in [9.17, 15) is 9.18 Å². The fourth-order valence-electron chi connectivity index (χ4n) is 4.92. The Morgan fingerprint density at radius 1 is 1.13 bits per heavy atom. The van der Waals surface area contributed by atoms with Crippen LogP contribution in [0.25, 0.3) is 11.3 Å². The lowest BCUT2D eigenvalue weighted by Gasteiger charge is -2.55. The van der Waals surface area contributed by atoms with Gasteiger partial charge in [0.2, 0.25) is 5.95 Å². The van der Waals surface area contributed by atoms with Gasteiger partial charge in [0.1, 0.15) is 0 Å². The molecule has 2 aliphatic rings. The molecule has 5 rings (SSSR count). The van der Waals surface area contributed by atoms with Gasteiger partial charge in [-0.3, -0.25) is 9.89 Å². The molecular weight excluding hydrogens is 395 g/mol. The molecule has 0 unspecified atom stereocenters. The van der Waals surface area contributed by atoms with Crippen molar-refractivity contribution in [3.05, 3.63) is 52.7 Å². The summed E-state index contributed by atoms with van der Waals surface area (Å²) in [5, 5.41) is 7.04. The molecule has 4 heterocycles. The fraction of sp³-hybridized carbons (Fsp3) is 0.391. The van der Waals surface area contributed by atoms with Gasteiger partial charge in [-0.05, 0) is 44.9 Å². The number of carbonyl (C=O) groups excluding carboxylic acids is 1. The Kier molecular flexibility index (Phi) is 4.72. The number of anilines is 2. The van der Waals surface area contributed by atoms with E-state index in [1.165, 1.54) is 0 Å². The number of aryl methyl sites for hydroxylation is 3. The van der Waals surface area contributed by atoms with E-state index in [4.69, 9.17) is 0 Å². The number of hydrogen-bond donors (Lipinski definition) is 1. The number of fused-ring (bicyclic) bond motifs is 1. The van der Waals surface area contributed by atoms with Gasteiger partial charge in [-0.15, -0.1) is 0 Å². The lowest BCUT2D eigenvalue weighted by atomic mass is 9.81. The molecule has 0 saturated carbocycles. The number of hydrogen-bond acceptors (Lipinski definition) is 6. The van der Waals surface area contributed by atoms with Gasteiger partial charge >= 0.3 is 0 Å². The summed E-state index contributed by atoms with van der Waals surface area (Å²) in [6.07, 6.45) is 3.67. The molecule has 1 aromatic carbocycles. The zero-order chi connectivity index (χ0) is 21.7. The first-order valence-electron chi connectivity index (χ1n) is 10.6. The van der Waals surface area contributed by atoms with Crippen LogP contribution in [0.15, 0.2) is 24.4 Å². The van der Waals surface area contributed by atoms with E-state index in [2.05, 4.69) is 36.0 Å². The zero-order valence-electron chi connectivity index (χ0n) is 17.9. The van der Waals surface area contributed by atoms with Gasteiger partial charge in [-0.2, -0.15) is 5.10 Å². The minimum absolute atomic E-state index is 0.263. The second-order valence-electron chi connectivity index (χ2n) is 8.50. The minimum Gasteiger partial charge on any atom is -0.365 e. The third-order valence-electron chi connectivity index (χ3n) is 6.63. The van der Waals surface area contributed by atoms with Crippen LogP contribution in [0.5, 0.6) is 0 Å². The van der Waals surface area contributed by atoms with Crippen molar-refractivity contribution in [3.8, 4) is 11.3 Å². The average molecular weight is 420 g/mol. The first kappa shape index (κ1) is 19.7. The maximum absolute atomic E-state index is 14.0. The predicted octanol–water partition coefficient (Wildman–Crippen LogP) is 3.46. The number of halogens is 1. The van der Waals surface area contributed by atoms with Crippen molar-refractivity contribution in [1.82, 2.24) is 20.2 Å². The van der Waals surface area contributed by atoms with E-state index in [0.29, 0.717) is 28.8 Å². The third-order valence-corrected chi connectivity index (χ3v) is 6.63. The van der Waals surface area contributed by atoms with Gasteiger partial charge in [-0.1, -0.05) is 6.07 Å². The summed E-state index contributed by atoms with van der Waals surface area (Å²) in [6.45, 7) is 7.89. The summed E-state index contributed by atoms with van der Waals surface area (Å²) >= 11 is 0. The van der Waals surface area contributed by atoms with Crippen molar-refractivity contribution in [2.45, 2.75) is 33.2 Å². The number of aldehydes is 1. The molecule has 0 amide bonds.